The molecule has 0 aliphatic rings. The van der Waals surface area contributed by atoms with Gasteiger partial charge in [-0.1, -0.05) is 0 Å². The summed E-state index contributed by atoms with van der Waals surface area (Å²) in [7, 11) is 0. The van der Waals surface area contributed by atoms with Crippen molar-refractivity contribution in [2.45, 2.75) is 6.43 Å². The van der Waals surface area contributed by atoms with Gasteiger partial charge in [0.15, 0.2) is 5.69 Å². The number of pyridine rings is 1. The summed E-state index contributed by atoms with van der Waals surface area (Å²) in [6.45, 7) is 0. The Hall–Kier alpha value is -1.24. The van der Waals surface area contributed by atoms with Gasteiger partial charge in [0.25, 0.3) is 6.43 Å². The van der Waals surface area contributed by atoms with Crippen LogP contribution in [0.4, 0.5) is 14.5 Å². The number of anilines is 1. The van der Waals surface area contributed by atoms with Crippen molar-refractivity contribution in [2.75, 3.05) is 5.73 Å². The Kier molecular flexibility index (Phi) is 3.00. The Morgan fingerprint density at radius 3 is 2.64 bits per heavy atom. The number of nitrogen functional groups attached to an aromatic ring is 1. The summed E-state index contributed by atoms with van der Waals surface area (Å²) in [5, 5.41) is 8.59. The number of rotatable bonds is 2. The van der Waals surface area contributed by atoms with Crippen molar-refractivity contribution >= 4 is 27.6 Å². The molecule has 1 heterocycles. The van der Waals surface area contributed by atoms with Crippen molar-refractivity contribution in [1.29, 1.82) is 0 Å². The van der Waals surface area contributed by atoms with Gasteiger partial charge in [0, 0.05) is 5.56 Å². The van der Waals surface area contributed by atoms with E-state index >= 15 is 0 Å². The molecule has 0 aliphatic heterocycles. The van der Waals surface area contributed by atoms with Gasteiger partial charge in [-0.05, 0) is 22.0 Å². The monoisotopic (exact) mass is 266 g/mol. The molecular formula is C7H5BrF2N2O2. The van der Waals surface area contributed by atoms with Gasteiger partial charge in [0.1, 0.15) is 4.60 Å². The molecule has 0 saturated heterocycles. The summed E-state index contributed by atoms with van der Waals surface area (Å²) in [6.07, 6.45) is -2.83. The molecule has 0 aromatic carbocycles. The molecule has 0 fully saturated rings. The highest BCUT2D eigenvalue weighted by Crippen LogP contribution is 2.29. The lowest BCUT2D eigenvalue weighted by molar-refractivity contribution is 0.0691. The van der Waals surface area contributed by atoms with Gasteiger partial charge in [-0.15, -0.1) is 0 Å². The van der Waals surface area contributed by atoms with Gasteiger partial charge in [-0.25, -0.2) is 18.6 Å². The van der Waals surface area contributed by atoms with Gasteiger partial charge in [-0.3, -0.25) is 0 Å². The largest absolute Gasteiger partial charge is 0.476 e. The van der Waals surface area contributed by atoms with Crippen molar-refractivity contribution in [2.24, 2.45) is 0 Å². The molecule has 0 radical (unpaired) electrons. The third kappa shape index (κ3) is 1.98. The van der Waals surface area contributed by atoms with Crippen molar-refractivity contribution in [1.82, 2.24) is 4.98 Å². The molecule has 0 bridgehead atoms. The SMILES string of the molecule is Nc1c(C(F)F)cc(Br)nc1C(=O)O. The molecule has 1 rings (SSSR count). The van der Waals surface area contributed by atoms with Crippen LogP contribution in [0.1, 0.15) is 22.5 Å². The molecule has 7 heteroatoms. The summed E-state index contributed by atoms with van der Waals surface area (Å²) in [5.74, 6) is -1.44. The molecule has 0 spiro atoms. The molecule has 0 atom stereocenters. The first kappa shape index (κ1) is 10.8. The summed E-state index contributed by atoms with van der Waals surface area (Å²) < 4.78 is 24.7. The van der Waals surface area contributed by atoms with E-state index in [0.717, 1.165) is 6.07 Å². The van der Waals surface area contributed by atoms with Crippen LogP contribution in [0.5, 0.6) is 0 Å². The van der Waals surface area contributed by atoms with E-state index in [4.69, 9.17) is 10.8 Å². The zero-order valence-electron chi connectivity index (χ0n) is 6.67. The summed E-state index contributed by atoms with van der Waals surface area (Å²) in [5.41, 5.74) is 3.59. The van der Waals surface area contributed by atoms with Gasteiger partial charge >= 0.3 is 5.97 Å². The van der Waals surface area contributed by atoms with E-state index in [-0.39, 0.29) is 4.60 Å². The molecule has 0 amide bonds. The molecule has 76 valence electrons. The summed E-state index contributed by atoms with van der Waals surface area (Å²) >= 11 is 2.82. The van der Waals surface area contributed by atoms with Crippen LogP contribution in [-0.4, -0.2) is 16.1 Å². The second-order valence-corrected chi connectivity index (χ2v) is 3.21. The normalized spacial score (nSPS) is 10.6. The average molecular weight is 267 g/mol. The number of nitrogens with two attached hydrogens (primary N) is 1. The fourth-order valence-corrected chi connectivity index (χ4v) is 1.31. The second kappa shape index (κ2) is 3.87. The number of hydrogen-bond donors (Lipinski definition) is 2. The van der Waals surface area contributed by atoms with E-state index < -0.39 is 29.3 Å². The van der Waals surface area contributed by atoms with Crippen LogP contribution < -0.4 is 5.73 Å². The Morgan fingerprint density at radius 1 is 1.64 bits per heavy atom. The molecule has 14 heavy (non-hydrogen) atoms. The van der Waals surface area contributed by atoms with Gasteiger partial charge in [0.05, 0.1) is 5.69 Å². The molecular weight excluding hydrogens is 262 g/mol. The zero-order valence-corrected chi connectivity index (χ0v) is 8.25. The molecule has 0 unspecified atom stereocenters. The third-order valence-corrected chi connectivity index (χ3v) is 1.90. The number of hydrogen-bond acceptors (Lipinski definition) is 3. The first-order chi connectivity index (χ1) is 6.43. The third-order valence-electron chi connectivity index (χ3n) is 1.50. The predicted octanol–water partition coefficient (Wildman–Crippen LogP) is 2.06. The van der Waals surface area contributed by atoms with Crippen LogP contribution in [-0.2, 0) is 0 Å². The fraction of sp³-hybridized carbons (Fsp3) is 0.143. The van der Waals surface area contributed by atoms with Gasteiger partial charge in [-0.2, -0.15) is 0 Å². The Morgan fingerprint density at radius 2 is 2.21 bits per heavy atom. The number of halogens is 3. The number of carboxylic acid groups (broad SMARTS) is 1. The maximum atomic E-state index is 12.3. The number of aromatic carboxylic acids is 1. The number of carbonyl (C=O) groups is 1. The van der Waals surface area contributed by atoms with Crippen molar-refractivity contribution in [3.8, 4) is 0 Å². The fourth-order valence-electron chi connectivity index (χ4n) is 0.886. The van der Waals surface area contributed by atoms with E-state index in [1.807, 2.05) is 0 Å². The lowest BCUT2D eigenvalue weighted by Crippen LogP contribution is -2.09. The Bertz CT molecular complexity index is 384. The first-order valence-corrected chi connectivity index (χ1v) is 4.20. The minimum atomic E-state index is -2.83. The van der Waals surface area contributed by atoms with Crippen LogP contribution in [0.3, 0.4) is 0 Å². The summed E-state index contributed by atoms with van der Waals surface area (Å²) in [6, 6.07) is 0.992. The van der Waals surface area contributed by atoms with Crippen molar-refractivity contribution < 1.29 is 18.7 Å². The highest BCUT2D eigenvalue weighted by atomic mass is 79.9. The standard InChI is InChI=1S/C7H5BrF2N2O2/c8-3-1-2(6(9)10)4(11)5(12-3)7(13)14/h1,6H,11H2,(H,13,14). The minimum absolute atomic E-state index is 0.0133. The lowest BCUT2D eigenvalue weighted by atomic mass is 10.2. The zero-order chi connectivity index (χ0) is 10.9. The molecule has 3 N–H and O–H groups in total. The quantitative estimate of drug-likeness (QED) is 0.804. The van der Waals surface area contributed by atoms with Crippen LogP contribution in [0, 0.1) is 0 Å². The molecule has 0 aliphatic carbocycles. The number of carboxylic acids is 1. The van der Waals surface area contributed by atoms with E-state index in [1.165, 1.54) is 0 Å². The first-order valence-electron chi connectivity index (χ1n) is 3.41. The van der Waals surface area contributed by atoms with E-state index in [1.54, 1.807) is 0 Å². The number of alkyl halides is 2. The minimum Gasteiger partial charge on any atom is -0.476 e. The smallest absolute Gasteiger partial charge is 0.356 e. The lowest BCUT2D eigenvalue weighted by Gasteiger charge is -2.07. The predicted molar refractivity (Wildman–Crippen MR) is 48.3 cm³/mol. The highest BCUT2D eigenvalue weighted by molar-refractivity contribution is 9.10. The van der Waals surface area contributed by atoms with Crippen LogP contribution in [0.25, 0.3) is 0 Å². The van der Waals surface area contributed by atoms with Gasteiger partial charge < -0.3 is 10.8 Å². The molecule has 1 aromatic rings. The maximum absolute atomic E-state index is 12.3. The van der Waals surface area contributed by atoms with E-state index in [9.17, 15) is 13.6 Å². The topological polar surface area (TPSA) is 76.2 Å². The molecule has 1 aromatic heterocycles. The average Bonchev–Trinajstić information content (AvgIpc) is 2.07. The highest BCUT2D eigenvalue weighted by Gasteiger charge is 2.20. The van der Waals surface area contributed by atoms with Crippen LogP contribution >= 0.6 is 15.9 Å². The Labute approximate surface area is 85.9 Å². The molecule has 4 nitrogen and oxygen atoms in total. The van der Waals surface area contributed by atoms with Gasteiger partial charge in [0.2, 0.25) is 0 Å². The maximum Gasteiger partial charge on any atom is 0.356 e. The number of aromatic nitrogens is 1. The summed E-state index contributed by atoms with van der Waals surface area (Å²) in [4.78, 5) is 14.0. The Balaban J connectivity index is 3.40. The van der Waals surface area contributed by atoms with Crippen LogP contribution in [0.15, 0.2) is 10.7 Å². The van der Waals surface area contributed by atoms with E-state index in [2.05, 4.69) is 20.9 Å². The van der Waals surface area contributed by atoms with E-state index in [0.29, 0.717) is 0 Å². The van der Waals surface area contributed by atoms with Crippen molar-refractivity contribution in [3.05, 3.63) is 21.9 Å². The number of nitrogens with zero attached hydrogens (tertiary/aromatic N) is 1. The molecule has 0 saturated carbocycles. The van der Waals surface area contributed by atoms with Crippen LogP contribution in [0.2, 0.25) is 0 Å². The second-order valence-electron chi connectivity index (χ2n) is 2.40. The van der Waals surface area contributed by atoms with Crippen molar-refractivity contribution in [3.63, 3.8) is 0 Å².